The van der Waals surface area contributed by atoms with Crippen LogP contribution in [0.15, 0.2) is 12.2 Å². The quantitative estimate of drug-likeness (QED) is 0.553. The Labute approximate surface area is 105 Å². The number of hydrogen-bond donors (Lipinski definition) is 0. The van der Waals surface area contributed by atoms with Crippen molar-refractivity contribution >= 4 is 5.97 Å². The van der Waals surface area contributed by atoms with Crippen LogP contribution in [0.5, 0.6) is 0 Å². The maximum Gasteiger partial charge on any atom is 0.422 e. The molecule has 0 heterocycles. The van der Waals surface area contributed by atoms with Crippen molar-refractivity contribution in [2.24, 2.45) is 0 Å². The lowest BCUT2D eigenvalue weighted by Gasteiger charge is -2.31. The number of alkyl halides is 3. The van der Waals surface area contributed by atoms with Gasteiger partial charge < -0.3 is 4.74 Å². The average molecular weight is 264 g/mol. The fraction of sp³-hybridized carbons (Fsp3) is 0.769. The van der Waals surface area contributed by atoms with Crippen molar-refractivity contribution in [3.8, 4) is 0 Å². The Morgan fingerprint density at radius 3 is 2.00 bits per heavy atom. The summed E-state index contributed by atoms with van der Waals surface area (Å²) in [6.45, 7) is 4.47. The highest BCUT2D eigenvalue weighted by Crippen LogP contribution is 2.32. The number of esters is 1. The molecule has 0 radical (unpaired) electrons. The van der Waals surface area contributed by atoms with E-state index >= 15 is 0 Å². The Kier molecular flexibility index (Phi) is 4.82. The molecule has 1 aliphatic carbocycles. The van der Waals surface area contributed by atoms with Crippen LogP contribution in [0.3, 0.4) is 0 Å². The normalized spacial score (nSPS) is 20.7. The Hall–Kier alpha value is -1.00. The zero-order valence-corrected chi connectivity index (χ0v) is 10.6. The summed E-state index contributed by atoms with van der Waals surface area (Å²) in [6, 6.07) is 0. The summed E-state index contributed by atoms with van der Waals surface area (Å²) >= 11 is 0. The molecule has 1 rings (SSSR count). The van der Waals surface area contributed by atoms with Gasteiger partial charge in [0.05, 0.1) is 0 Å². The van der Waals surface area contributed by atoms with Crippen molar-refractivity contribution in [3.05, 3.63) is 12.2 Å². The summed E-state index contributed by atoms with van der Waals surface area (Å²) in [5.74, 6) is -1.34. The van der Waals surface area contributed by atoms with Gasteiger partial charge in [-0.3, -0.25) is 0 Å². The van der Waals surface area contributed by atoms with E-state index in [9.17, 15) is 18.0 Å². The predicted molar refractivity (Wildman–Crippen MR) is 62.0 cm³/mol. The first-order chi connectivity index (χ1) is 8.25. The zero-order valence-electron chi connectivity index (χ0n) is 10.6. The fourth-order valence-electron chi connectivity index (χ4n) is 2.16. The van der Waals surface area contributed by atoms with Gasteiger partial charge in [-0.15, -0.1) is 0 Å². The van der Waals surface area contributed by atoms with Crippen molar-refractivity contribution in [3.63, 3.8) is 0 Å². The van der Waals surface area contributed by atoms with E-state index in [1.807, 2.05) is 0 Å². The van der Waals surface area contributed by atoms with Gasteiger partial charge in [0, 0.05) is 0 Å². The van der Waals surface area contributed by atoms with Crippen LogP contribution < -0.4 is 0 Å². The summed E-state index contributed by atoms with van der Waals surface area (Å²) < 4.78 is 42.0. The minimum absolute atomic E-state index is 0.615. The molecule has 0 spiro atoms. The molecule has 0 amide bonds. The van der Waals surface area contributed by atoms with Gasteiger partial charge in [-0.05, 0) is 32.6 Å². The molecule has 0 aromatic carbocycles. The van der Waals surface area contributed by atoms with Crippen LogP contribution in [0.1, 0.15) is 51.9 Å². The minimum atomic E-state index is -4.71. The fourth-order valence-corrected chi connectivity index (χ4v) is 2.16. The molecule has 1 saturated carbocycles. The van der Waals surface area contributed by atoms with Gasteiger partial charge >= 0.3 is 12.1 Å². The Morgan fingerprint density at radius 1 is 1.11 bits per heavy atom. The molecule has 104 valence electrons. The van der Waals surface area contributed by atoms with Gasteiger partial charge in [-0.2, -0.15) is 13.2 Å². The lowest BCUT2D eigenvalue weighted by Crippen LogP contribution is -2.35. The first kappa shape index (κ1) is 15.1. The van der Waals surface area contributed by atoms with Gasteiger partial charge in [0.1, 0.15) is 11.2 Å². The predicted octanol–water partition coefficient (Wildman–Crippen LogP) is 4.15. The first-order valence-corrected chi connectivity index (χ1v) is 6.24. The standard InChI is InChI=1S/C13H19F3O2/c1-10(13(14,15)16)11(17)18-12(2)8-6-4-3-5-7-9-12/h1,3-9H2,2H3. The monoisotopic (exact) mass is 264 g/mol. The van der Waals surface area contributed by atoms with Crippen molar-refractivity contribution in [2.45, 2.75) is 63.6 Å². The molecule has 0 saturated heterocycles. The second-order valence-corrected chi connectivity index (χ2v) is 5.08. The molecule has 0 unspecified atom stereocenters. The molecule has 0 bridgehead atoms. The largest absolute Gasteiger partial charge is 0.456 e. The molecule has 2 nitrogen and oxygen atoms in total. The van der Waals surface area contributed by atoms with E-state index in [0.29, 0.717) is 12.8 Å². The lowest BCUT2D eigenvalue weighted by molar-refractivity contribution is -0.165. The van der Waals surface area contributed by atoms with Crippen LogP contribution in [-0.4, -0.2) is 17.7 Å². The van der Waals surface area contributed by atoms with E-state index in [2.05, 4.69) is 6.58 Å². The Morgan fingerprint density at radius 2 is 1.56 bits per heavy atom. The second-order valence-electron chi connectivity index (χ2n) is 5.08. The molecule has 0 aromatic rings. The summed E-state index contributed by atoms with van der Waals surface area (Å²) in [6.07, 6.45) is 1.48. The van der Waals surface area contributed by atoms with Crippen LogP contribution in [0.25, 0.3) is 0 Å². The summed E-state index contributed by atoms with van der Waals surface area (Å²) in [4.78, 5) is 11.4. The highest BCUT2D eigenvalue weighted by molar-refractivity contribution is 5.89. The van der Waals surface area contributed by atoms with Gasteiger partial charge in [0.25, 0.3) is 0 Å². The zero-order chi connectivity index (χ0) is 13.8. The van der Waals surface area contributed by atoms with Crippen LogP contribution in [0, 0.1) is 0 Å². The topological polar surface area (TPSA) is 26.3 Å². The third-order valence-corrected chi connectivity index (χ3v) is 3.34. The SMILES string of the molecule is C=C(C(=O)OC1(C)CCCCCCC1)C(F)(F)F. The lowest BCUT2D eigenvalue weighted by atomic mass is 9.88. The number of halogens is 3. The molecule has 0 aliphatic heterocycles. The van der Waals surface area contributed by atoms with Crippen LogP contribution >= 0.6 is 0 Å². The van der Waals surface area contributed by atoms with E-state index in [1.54, 1.807) is 6.92 Å². The van der Waals surface area contributed by atoms with Gasteiger partial charge in [0.15, 0.2) is 0 Å². The molecular weight excluding hydrogens is 245 g/mol. The molecular formula is C13H19F3O2. The van der Waals surface area contributed by atoms with Crippen LogP contribution in [0.2, 0.25) is 0 Å². The highest BCUT2D eigenvalue weighted by atomic mass is 19.4. The minimum Gasteiger partial charge on any atom is -0.456 e. The smallest absolute Gasteiger partial charge is 0.422 e. The van der Waals surface area contributed by atoms with Crippen molar-refractivity contribution in [1.82, 2.24) is 0 Å². The van der Waals surface area contributed by atoms with E-state index in [-0.39, 0.29) is 0 Å². The van der Waals surface area contributed by atoms with Gasteiger partial charge in [-0.25, -0.2) is 4.79 Å². The Bertz CT molecular complexity index is 313. The average Bonchev–Trinajstić information content (AvgIpc) is 2.22. The highest BCUT2D eigenvalue weighted by Gasteiger charge is 2.40. The summed E-state index contributed by atoms with van der Waals surface area (Å²) in [5.41, 5.74) is -2.21. The molecule has 18 heavy (non-hydrogen) atoms. The van der Waals surface area contributed by atoms with Crippen molar-refractivity contribution in [1.29, 1.82) is 0 Å². The van der Waals surface area contributed by atoms with E-state index in [4.69, 9.17) is 4.74 Å². The molecule has 0 aromatic heterocycles. The second kappa shape index (κ2) is 5.76. The van der Waals surface area contributed by atoms with E-state index < -0.39 is 23.3 Å². The molecule has 5 heteroatoms. The molecule has 1 aliphatic rings. The maximum absolute atomic E-state index is 12.3. The van der Waals surface area contributed by atoms with Crippen molar-refractivity contribution < 1.29 is 22.7 Å². The van der Waals surface area contributed by atoms with Gasteiger partial charge in [0.2, 0.25) is 0 Å². The number of rotatable bonds is 2. The first-order valence-electron chi connectivity index (χ1n) is 6.24. The summed E-state index contributed by atoms with van der Waals surface area (Å²) in [7, 11) is 0. The van der Waals surface area contributed by atoms with E-state index in [1.165, 1.54) is 0 Å². The molecule has 0 atom stereocenters. The maximum atomic E-state index is 12.3. The molecule has 1 fully saturated rings. The number of carbonyl (C=O) groups is 1. The Balaban J connectivity index is 2.63. The van der Waals surface area contributed by atoms with Gasteiger partial charge in [-0.1, -0.05) is 25.8 Å². The summed E-state index contributed by atoms with van der Waals surface area (Å²) in [5, 5.41) is 0. The van der Waals surface area contributed by atoms with Crippen molar-refractivity contribution in [2.75, 3.05) is 0 Å². The van der Waals surface area contributed by atoms with Crippen LogP contribution in [-0.2, 0) is 9.53 Å². The number of hydrogen-bond acceptors (Lipinski definition) is 2. The third kappa shape index (κ3) is 4.35. The third-order valence-electron chi connectivity index (χ3n) is 3.34. The molecule has 0 N–H and O–H groups in total. The van der Waals surface area contributed by atoms with Crippen LogP contribution in [0.4, 0.5) is 13.2 Å². The van der Waals surface area contributed by atoms with E-state index in [0.717, 1.165) is 32.1 Å². The number of ether oxygens (including phenoxy) is 1. The number of carbonyl (C=O) groups excluding carboxylic acids is 1.